The Labute approximate surface area is 180 Å². The maximum Gasteiger partial charge on any atom is 0.336 e. The molecular weight excluding hydrogens is 398 g/mol. The third kappa shape index (κ3) is 3.79. The molecule has 1 aromatic heterocycles. The van der Waals surface area contributed by atoms with Gasteiger partial charge in [0.2, 0.25) is 0 Å². The number of hydrogen-bond donors (Lipinski definition) is 2. The number of allylic oxidation sites excluding steroid dienone is 3. The Hall–Kier alpha value is -2.86. The Morgan fingerprint density at radius 1 is 1.27 bits per heavy atom. The monoisotopic (exact) mass is 423 g/mol. The molecule has 1 aliphatic heterocycles. The van der Waals surface area contributed by atoms with Gasteiger partial charge in [0.05, 0.1) is 12.2 Å². The van der Waals surface area contributed by atoms with Crippen molar-refractivity contribution >= 4 is 23.1 Å². The first-order chi connectivity index (χ1) is 14.5. The Balaban J connectivity index is 1.79. The third-order valence-electron chi connectivity index (χ3n) is 5.63. The van der Waals surface area contributed by atoms with Crippen LogP contribution in [0.25, 0.3) is 0 Å². The summed E-state index contributed by atoms with van der Waals surface area (Å²) in [6.45, 7) is 4.11. The van der Waals surface area contributed by atoms with Crippen LogP contribution < -0.4 is 5.32 Å². The van der Waals surface area contributed by atoms with Crippen molar-refractivity contribution in [3.05, 3.63) is 74.8 Å². The zero-order valence-electron chi connectivity index (χ0n) is 17.1. The molecule has 0 radical (unpaired) electrons. The number of hydrogen-bond acceptors (Lipinski definition) is 6. The molecule has 2 aliphatic rings. The van der Waals surface area contributed by atoms with Crippen LogP contribution in [0.15, 0.2) is 64.3 Å². The lowest BCUT2D eigenvalue weighted by molar-refractivity contribution is -0.139. The lowest BCUT2D eigenvalue weighted by Crippen LogP contribution is -2.36. The minimum atomic E-state index is -0.547. The fourth-order valence-corrected chi connectivity index (χ4v) is 5.18. The van der Waals surface area contributed by atoms with E-state index in [0.29, 0.717) is 36.3 Å². The second-order valence-corrected chi connectivity index (χ2v) is 8.74. The number of carbonyl (C=O) groups excluding carboxylic acids is 2. The van der Waals surface area contributed by atoms with Gasteiger partial charge in [-0.3, -0.25) is 4.79 Å². The number of ether oxygens (including phenoxy) is 1. The first-order valence-corrected chi connectivity index (χ1v) is 11.1. The maximum atomic E-state index is 13.4. The normalized spacial score (nSPS) is 21.3. The Bertz CT molecular complexity index is 1040. The van der Waals surface area contributed by atoms with Gasteiger partial charge in [-0.2, -0.15) is 0 Å². The molecule has 0 saturated carbocycles. The molecule has 2 aromatic rings. The number of thiophene rings is 1. The van der Waals surface area contributed by atoms with Gasteiger partial charge in [0, 0.05) is 40.1 Å². The molecule has 0 bridgehead atoms. The number of phenols is 1. The molecule has 4 rings (SSSR count). The average molecular weight is 424 g/mol. The van der Waals surface area contributed by atoms with E-state index >= 15 is 0 Å². The number of dihydropyridines is 1. The molecule has 5 nitrogen and oxygen atoms in total. The van der Waals surface area contributed by atoms with Gasteiger partial charge in [0.1, 0.15) is 5.75 Å². The lowest BCUT2D eigenvalue weighted by atomic mass is 9.72. The molecule has 0 unspecified atom stereocenters. The van der Waals surface area contributed by atoms with Crippen LogP contribution in [0.5, 0.6) is 5.75 Å². The van der Waals surface area contributed by atoms with Crippen molar-refractivity contribution in [3.8, 4) is 5.75 Å². The number of Topliss-reactive ketones (excluding diaryl/α,β-unsaturated/α-hetero) is 1. The van der Waals surface area contributed by atoms with Crippen molar-refractivity contribution in [2.75, 3.05) is 6.61 Å². The zero-order valence-corrected chi connectivity index (χ0v) is 17.9. The van der Waals surface area contributed by atoms with Crippen molar-refractivity contribution in [2.24, 2.45) is 0 Å². The van der Waals surface area contributed by atoms with Crippen molar-refractivity contribution in [2.45, 2.75) is 44.9 Å². The highest BCUT2D eigenvalue weighted by Crippen LogP contribution is 2.46. The fourth-order valence-electron chi connectivity index (χ4n) is 4.34. The molecule has 2 atom stereocenters. The summed E-state index contributed by atoms with van der Waals surface area (Å²) < 4.78 is 5.45. The largest absolute Gasteiger partial charge is 0.508 e. The van der Waals surface area contributed by atoms with E-state index in [-0.39, 0.29) is 17.5 Å². The summed E-state index contributed by atoms with van der Waals surface area (Å²) in [4.78, 5) is 27.5. The third-order valence-corrected chi connectivity index (χ3v) is 6.67. The molecule has 1 aromatic carbocycles. The molecule has 0 saturated heterocycles. The number of rotatable bonds is 5. The molecule has 2 heterocycles. The number of phenolic OH excluding ortho intramolecular Hbond substituents is 1. The van der Waals surface area contributed by atoms with E-state index in [4.69, 9.17) is 4.74 Å². The number of ketones is 1. The molecule has 2 N–H and O–H groups in total. The fraction of sp³-hybridized carbons (Fsp3) is 0.333. The van der Waals surface area contributed by atoms with Crippen molar-refractivity contribution in [1.82, 2.24) is 5.32 Å². The van der Waals surface area contributed by atoms with Gasteiger partial charge in [-0.25, -0.2) is 4.79 Å². The topological polar surface area (TPSA) is 75.6 Å². The highest BCUT2D eigenvalue weighted by atomic mass is 32.1. The van der Waals surface area contributed by atoms with Crippen LogP contribution in [0, 0.1) is 0 Å². The predicted molar refractivity (Wildman–Crippen MR) is 116 cm³/mol. The van der Waals surface area contributed by atoms with Gasteiger partial charge >= 0.3 is 5.97 Å². The predicted octanol–water partition coefficient (Wildman–Crippen LogP) is 4.77. The summed E-state index contributed by atoms with van der Waals surface area (Å²) in [7, 11) is 0. The second-order valence-electron chi connectivity index (χ2n) is 7.76. The minimum absolute atomic E-state index is 0.0313. The van der Waals surface area contributed by atoms with Crippen molar-refractivity contribution in [1.29, 1.82) is 0 Å². The summed E-state index contributed by atoms with van der Waals surface area (Å²) >= 11 is 1.66. The first kappa shape index (κ1) is 20.4. The number of aromatic hydroxyl groups is 1. The maximum absolute atomic E-state index is 13.4. The standard InChI is InChI=1S/C24H25NO4S/c1-3-9-29-24(28)21-14(2)25-18-12-16(20-8-5-10-30-20)13-19(27)23(18)22(21)15-6-4-7-17(26)11-15/h4-8,10-11,16,22,25-26H,3,9,12-13H2,1-2H3/t16-,22-/m0/s1. The van der Waals surface area contributed by atoms with E-state index in [2.05, 4.69) is 11.4 Å². The SMILES string of the molecule is CCCOC(=O)C1=C(C)NC2=C(C(=O)C[C@@H](c3cccs3)C2)[C@H]1c1cccc(O)c1. The van der Waals surface area contributed by atoms with Gasteiger partial charge < -0.3 is 15.2 Å². The van der Waals surface area contributed by atoms with Crippen LogP contribution >= 0.6 is 11.3 Å². The van der Waals surface area contributed by atoms with Crippen LogP contribution in [0.2, 0.25) is 0 Å². The molecule has 30 heavy (non-hydrogen) atoms. The summed E-state index contributed by atoms with van der Waals surface area (Å²) in [5, 5.41) is 15.4. The molecule has 0 fully saturated rings. The molecular formula is C24H25NO4S. The highest BCUT2D eigenvalue weighted by molar-refractivity contribution is 7.10. The van der Waals surface area contributed by atoms with E-state index < -0.39 is 11.9 Å². The summed E-state index contributed by atoms with van der Waals surface area (Å²) in [5.41, 5.74) is 3.33. The van der Waals surface area contributed by atoms with Crippen LogP contribution in [-0.4, -0.2) is 23.5 Å². The van der Waals surface area contributed by atoms with Gasteiger partial charge in [-0.15, -0.1) is 11.3 Å². The van der Waals surface area contributed by atoms with Crippen LogP contribution in [-0.2, 0) is 14.3 Å². The molecule has 0 amide bonds. The number of benzene rings is 1. The summed E-state index contributed by atoms with van der Waals surface area (Å²) in [5.74, 6) is -0.699. The van der Waals surface area contributed by atoms with E-state index in [1.165, 1.54) is 4.88 Å². The molecule has 6 heteroatoms. The van der Waals surface area contributed by atoms with Crippen molar-refractivity contribution < 1.29 is 19.4 Å². The van der Waals surface area contributed by atoms with Crippen molar-refractivity contribution in [3.63, 3.8) is 0 Å². The summed E-state index contributed by atoms with van der Waals surface area (Å²) in [6.07, 6.45) is 1.84. The Kier molecular flexibility index (Phi) is 5.77. The first-order valence-electron chi connectivity index (χ1n) is 10.2. The number of nitrogens with one attached hydrogen (secondary N) is 1. The Morgan fingerprint density at radius 3 is 2.80 bits per heavy atom. The quantitative estimate of drug-likeness (QED) is 0.678. The Morgan fingerprint density at radius 2 is 2.10 bits per heavy atom. The molecule has 0 spiro atoms. The number of carbonyl (C=O) groups is 2. The average Bonchev–Trinajstić information content (AvgIpc) is 3.25. The highest BCUT2D eigenvalue weighted by Gasteiger charge is 2.41. The van der Waals surface area contributed by atoms with E-state index in [9.17, 15) is 14.7 Å². The molecule has 1 aliphatic carbocycles. The molecule has 156 valence electrons. The van der Waals surface area contributed by atoms with Gasteiger partial charge in [0.25, 0.3) is 0 Å². The summed E-state index contributed by atoms with van der Waals surface area (Å²) in [6, 6.07) is 10.9. The van der Waals surface area contributed by atoms with E-state index in [1.807, 2.05) is 31.4 Å². The zero-order chi connectivity index (χ0) is 21.3. The number of esters is 1. The second kappa shape index (κ2) is 8.48. The lowest BCUT2D eigenvalue weighted by Gasteiger charge is -2.36. The van der Waals surface area contributed by atoms with E-state index in [1.54, 1.807) is 29.5 Å². The minimum Gasteiger partial charge on any atom is -0.508 e. The van der Waals surface area contributed by atoms with Crippen LogP contribution in [0.1, 0.15) is 55.4 Å². The smallest absolute Gasteiger partial charge is 0.336 e. The van der Waals surface area contributed by atoms with Gasteiger partial charge in [-0.05, 0) is 48.9 Å². The van der Waals surface area contributed by atoms with Crippen LogP contribution in [0.4, 0.5) is 0 Å². The van der Waals surface area contributed by atoms with Crippen LogP contribution in [0.3, 0.4) is 0 Å². The van der Waals surface area contributed by atoms with Gasteiger partial charge in [0.15, 0.2) is 5.78 Å². The van der Waals surface area contributed by atoms with Gasteiger partial charge in [-0.1, -0.05) is 25.1 Å². The van der Waals surface area contributed by atoms with E-state index in [0.717, 1.165) is 17.7 Å².